The van der Waals surface area contributed by atoms with E-state index in [0.717, 1.165) is 10.6 Å². The molecule has 0 saturated carbocycles. The number of carbonyl (C=O) groups excluding carboxylic acids is 2. The average molecular weight is 264 g/mol. The molecule has 1 aromatic rings. The second kappa shape index (κ2) is 5.73. The largest absolute Gasteiger partial charge is 0.442 e. The van der Waals surface area contributed by atoms with E-state index in [1.165, 1.54) is 7.05 Å². The number of hydrogen-bond acceptors (Lipinski definition) is 3. The fraction of sp³-hybridized carbons (Fsp3) is 0.429. The summed E-state index contributed by atoms with van der Waals surface area (Å²) in [6, 6.07) is 7.16. The van der Waals surface area contributed by atoms with E-state index in [1.807, 2.05) is 19.1 Å². The quantitative estimate of drug-likeness (QED) is 0.793. The van der Waals surface area contributed by atoms with E-state index in [4.69, 9.17) is 4.74 Å². The number of nitrogens with zero attached hydrogens (tertiary/aromatic N) is 1. The van der Waals surface area contributed by atoms with Crippen LogP contribution in [0.2, 0.25) is 0 Å². The van der Waals surface area contributed by atoms with Crippen molar-refractivity contribution in [1.82, 2.24) is 10.4 Å². The van der Waals surface area contributed by atoms with Crippen molar-refractivity contribution >= 4 is 12.0 Å². The van der Waals surface area contributed by atoms with Gasteiger partial charge in [-0.2, -0.15) is 0 Å². The van der Waals surface area contributed by atoms with Gasteiger partial charge in [0.2, 0.25) is 0 Å². The molecule has 5 nitrogen and oxygen atoms in total. The van der Waals surface area contributed by atoms with Crippen molar-refractivity contribution in [3.63, 3.8) is 0 Å². The zero-order valence-corrected chi connectivity index (χ0v) is 12.0. The number of aryl methyl sites for hydroxylation is 1. The van der Waals surface area contributed by atoms with E-state index < -0.39 is 11.7 Å². The molecule has 0 spiro atoms. The van der Waals surface area contributed by atoms with Crippen LogP contribution in [0.4, 0.5) is 4.79 Å². The molecule has 5 heteroatoms. The van der Waals surface area contributed by atoms with Gasteiger partial charge in [0.05, 0.1) is 0 Å². The second-order valence-electron chi connectivity index (χ2n) is 5.30. The molecule has 0 unspecified atom stereocenters. The first kappa shape index (κ1) is 15.0. The number of hydrazine groups is 1. The Balaban J connectivity index is 2.67. The van der Waals surface area contributed by atoms with E-state index in [-0.39, 0.29) is 5.91 Å². The summed E-state index contributed by atoms with van der Waals surface area (Å²) < 4.78 is 5.14. The molecule has 0 saturated heterocycles. The number of hydrogen-bond donors (Lipinski definition) is 1. The summed E-state index contributed by atoms with van der Waals surface area (Å²) in [5.41, 5.74) is 3.25. The minimum Gasteiger partial charge on any atom is -0.442 e. The zero-order valence-electron chi connectivity index (χ0n) is 12.0. The van der Waals surface area contributed by atoms with Crippen LogP contribution in [0, 0.1) is 6.92 Å². The molecule has 0 heterocycles. The van der Waals surface area contributed by atoms with Gasteiger partial charge in [-0.1, -0.05) is 18.2 Å². The molecule has 0 radical (unpaired) electrons. The molecule has 19 heavy (non-hydrogen) atoms. The average Bonchev–Trinajstić information content (AvgIpc) is 2.27. The van der Waals surface area contributed by atoms with E-state index in [2.05, 4.69) is 5.43 Å². The fourth-order valence-corrected chi connectivity index (χ4v) is 1.42. The van der Waals surface area contributed by atoms with Gasteiger partial charge in [0.25, 0.3) is 5.91 Å². The van der Waals surface area contributed by atoms with Crippen LogP contribution in [-0.4, -0.2) is 29.7 Å². The van der Waals surface area contributed by atoms with Crippen molar-refractivity contribution in [2.24, 2.45) is 0 Å². The minimum atomic E-state index is -0.602. The van der Waals surface area contributed by atoms with Gasteiger partial charge in [-0.05, 0) is 39.3 Å². The lowest BCUT2D eigenvalue weighted by Gasteiger charge is -2.25. The molecule has 0 bridgehead atoms. The number of amides is 2. The van der Waals surface area contributed by atoms with Crippen LogP contribution in [0.3, 0.4) is 0 Å². The smallest absolute Gasteiger partial charge is 0.428 e. The van der Waals surface area contributed by atoms with E-state index in [0.29, 0.717) is 5.56 Å². The molecule has 104 valence electrons. The van der Waals surface area contributed by atoms with Gasteiger partial charge in [0.15, 0.2) is 0 Å². The molecule has 0 aliphatic heterocycles. The van der Waals surface area contributed by atoms with Crippen LogP contribution < -0.4 is 5.43 Å². The molecule has 2 amide bonds. The molecular weight excluding hydrogens is 244 g/mol. The Bertz CT molecular complexity index is 478. The second-order valence-corrected chi connectivity index (χ2v) is 5.30. The first-order valence-corrected chi connectivity index (χ1v) is 6.04. The number of nitrogens with one attached hydrogen (secondary N) is 1. The van der Waals surface area contributed by atoms with E-state index in [1.54, 1.807) is 32.9 Å². The summed E-state index contributed by atoms with van der Waals surface area (Å²) >= 11 is 0. The molecule has 1 rings (SSSR count). The van der Waals surface area contributed by atoms with Gasteiger partial charge < -0.3 is 4.74 Å². The Morgan fingerprint density at radius 2 is 1.79 bits per heavy atom. The third-order valence-electron chi connectivity index (χ3n) is 2.33. The predicted molar refractivity (Wildman–Crippen MR) is 72.6 cm³/mol. The topological polar surface area (TPSA) is 58.6 Å². The lowest BCUT2D eigenvalue weighted by Crippen LogP contribution is -2.45. The van der Waals surface area contributed by atoms with Crippen LogP contribution in [0.1, 0.15) is 36.7 Å². The molecule has 0 atom stereocenters. The standard InChI is InChI=1S/C14H20N2O3/c1-10-8-6-7-9-11(10)12(17)15-16(5)13(18)19-14(2,3)4/h6-9H,1-5H3,(H,15,17). The molecule has 1 aromatic carbocycles. The van der Waals surface area contributed by atoms with E-state index >= 15 is 0 Å². The fourth-order valence-electron chi connectivity index (χ4n) is 1.42. The monoisotopic (exact) mass is 264 g/mol. The highest BCUT2D eigenvalue weighted by Crippen LogP contribution is 2.09. The Hall–Kier alpha value is -2.04. The highest BCUT2D eigenvalue weighted by molar-refractivity contribution is 5.96. The van der Waals surface area contributed by atoms with Crippen LogP contribution in [0.25, 0.3) is 0 Å². The van der Waals surface area contributed by atoms with Crippen molar-refractivity contribution in [2.45, 2.75) is 33.3 Å². The highest BCUT2D eigenvalue weighted by Gasteiger charge is 2.21. The van der Waals surface area contributed by atoms with Gasteiger partial charge in [0.1, 0.15) is 5.60 Å². The normalized spacial score (nSPS) is 10.8. The van der Waals surface area contributed by atoms with Crippen molar-refractivity contribution in [2.75, 3.05) is 7.05 Å². The van der Waals surface area contributed by atoms with Gasteiger partial charge >= 0.3 is 6.09 Å². The third-order valence-corrected chi connectivity index (χ3v) is 2.33. The maximum absolute atomic E-state index is 12.0. The zero-order chi connectivity index (χ0) is 14.6. The highest BCUT2D eigenvalue weighted by atomic mass is 16.6. The predicted octanol–water partition coefficient (Wildman–Crippen LogP) is 2.51. The molecule has 0 fully saturated rings. The maximum Gasteiger partial charge on any atom is 0.428 e. The number of benzene rings is 1. The van der Waals surface area contributed by atoms with E-state index in [9.17, 15) is 9.59 Å². The van der Waals surface area contributed by atoms with Crippen molar-refractivity contribution in [1.29, 1.82) is 0 Å². The molecule has 0 aliphatic carbocycles. The van der Waals surface area contributed by atoms with Gasteiger partial charge in [0, 0.05) is 12.6 Å². The summed E-state index contributed by atoms with van der Waals surface area (Å²) in [6.07, 6.45) is -0.602. The summed E-state index contributed by atoms with van der Waals surface area (Å²) in [5.74, 6) is -0.341. The van der Waals surface area contributed by atoms with Crippen LogP contribution in [0.15, 0.2) is 24.3 Å². The number of ether oxygens (including phenoxy) is 1. The Labute approximate surface area is 113 Å². The van der Waals surface area contributed by atoms with Crippen molar-refractivity contribution < 1.29 is 14.3 Å². The molecule has 1 N–H and O–H groups in total. The number of rotatable bonds is 1. The van der Waals surface area contributed by atoms with Crippen LogP contribution in [-0.2, 0) is 4.74 Å². The minimum absolute atomic E-state index is 0.341. The Kier molecular flexibility index (Phi) is 4.53. The van der Waals surface area contributed by atoms with Crippen LogP contribution in [0.5, 0.6) is 0 Å². The molecular formula is C14H20N2O3. The number of carbonyl (C=O) groups is 2. The third kappa shape index (κ3) is 4.62. The van der Waals surface area contributed by atoms with Gasteiger partial charge in [-0.15, -0.1) is 0 Å². The lowest BCUT2D eigenvalue weighted by atomic mass is 10.1. The Morgan fingerprint density at radius 3 is 2.32 bits per heavy atom. The van der Waals surface area contributed by atoms with Crippen LogP contribution >= 0.6 is 0 Å². The summed E-state index contributed by atoms with van der Waals surface area (Å²) in [4.78, 5) is 23.7. The van der Waals surface area contributed by atoms with Crippen molar-refractivity contribution in [3.05, 3.63) is 35.4 Å². The first-order valence-electron chi connectivity index (χ1n) is 6.04. The van der Waals surface area contributed by atoms with Crippen molar-refractivity contribution in [3.8, 4) is 0 Å². The van der Waals surface area contributed by atoms with Gasteiger partial charge in [-0.3, -0.25) is 10.2 Å². The maximum atomic E-state index is 12.0. The summed E-state index contributed by atoms with van der Waals surface area (Å²) in [7, 11) is 1.45. The Morgan fingerprint density at radius 1 is 1.21 bits per heavy atom. The lowest BCUT2D eigenvalue weighted by molar-refractivity contribution is 0.0195. The van der Waals surface area contributed by atoms with Gasteiger partial charge in [-0.25, -0.2) is 9.80 Å². The summed E-state index contributed by atoms with van der Waals surface area (Å²) in [5, 5.41) is 1.04. The first-order chi connectivity index (χ1) is 8.70. The molecule has 0 aromatic heterocycles. The molecule has 0 aliphatic rings. The summed E-state index contributed by atoms with van der Waals surface area (Å²) in [6.45, 7) is 7.13. The SMILES string of the molecule is Cc1ccccc1C(=O)NN(C)C(=O)OC(C)(C)C.